The number of esters is 1. The summed E-state index contributed by atoms with van der Waals surface area (Å²) in [6.45, 7) is 1.86. The predicted octanol–water partition coefficient (Wildman–Crippen LogP) is 3.04. The summed E-state index contributed by atoms with van der Waals surface area (Å²) in [6.07, 6.45) is 0. The van der Waals surface area contributed by atoms with Crippen molar-refractivity contribution in [1.29, 1.82) is 0 Å². The van der Waals surface area contributed by atoms with Gasteiger partial charge in [0.2, 0.25) is 0 Å². The Hall–Kier alpha value is -2.82. The number of benzene rings is 2. The second-order valence-corrected chi connectivity index (χ2v) is 4.65. The van der Waals surface area contributed by atoms with Gasteiger partial charge in [0.1, 0.15) is 5.75 Å². The summed E-state index contributed by atoms with van der Waals surface area (Å²) in [5.41, 5.74) is 1.95. The molecule has 0 spiro atoms. The summed E-state index contributed by atoms with van der Waals surface area (Å²) in [7, 11) is 2.81. The lowest BCUT2D eigenvalue weighted by Crippen LogP contribution is -2.16. The van der Waals surface area contributed by atoms with E-state index in [0.717, 1.165) is 5.56 Å². The van der Waals surface area contributed by atoms with E-state index in [2.05, 4.69) is 5.32 Å². The zero-order valence-corrected chi connectivity index (χ0v) is 12.7. The number of anilines is 1. The Morgan fingerprint density at radius 2 is 1.64 bits per heavy atom. The molecule has 0 saturated carbocycles. The number of aryl methyl sites for hydroxylation is 1. The van der Waals surface area contributed by atoms with E-state index in [1.165, 1.54) is 14.2 Å². The van der Waals surface area contributed by atoms with Gasteiger partial charge < -0.3 is 14.8 Å². The third-order valence-corrected chi connectivity index (χ3v) is 3.24. The molecule has 2 aromatic rings. The highest BCUT2D eigenvalue weighted by Gasteiger charge is 2.17. The van der Waals surface area contributed by atoms with Gasteiger partial charge >= 0.3 is 5.97 Å². The number of nitrogens with one attached hydrogen (secondary N) is 1. The first-order chi connectivity index (χ1) is 10.6. The van der Waals surface area contributed by atoms with Crippen LogP contribution in [-0.2, 0) is 4.74 Å². The fourth-order valence-corrected chi connectivity index (χ4v) is 2.17. The Morgan fingerprint density at radius 3 is 2.32 bits per heavy atom. The molecule has 0 aliphatic carbocycles. The van der Waals surface area contributed by atoms with Gasteiger partial charge in [-0.05, 0) is 30.7 Å². The quantitative estimate of drug-likeness (QED) is 0.881. The van der Waals surface area contributed by atoms with Crippen molar-refractivity contribution in [2.75, 3.05) is 19.5 Å². The molecule has 0 radical (unpaired) electrons. The van der Waals surface area contributed by atoms with Crippen LogP contribution in [0.5, 0.6) is 5.75 Å². The Balaban J connectivity index is 2.35. The van der Waals surface area contributed by atoms with Gasteiger partial charge in [-0.3, -0.25) is 4.79 Å². The highest BCUT2D eigenvalue weighted by molar-refractivity contribution is 6.09. The third-order valence-electron chi connectivity index (χ3n) is 3.24. The van der Waals surface area contributed by atoms with Gasteiger partial charge in [-0.15, -0.1) is 0 Å². The lowest BCUT2D eigenvalue weighted by atomic mass is 10.1. The van der Waals surface area contributed by atoms with Crippen molar-refractivity contribution in [3.05, 3.63) is 59.2 Å². The molecule has 0 saturated heterocycles. The van der Waals surface area contributed by atoms with Gasteiger partial charge in [-0.2, -0.15) is 0 Å². The van der Waals surface area contributed by atoms with Crippen LogP contribution in [0.2, 0.25) is 0 Å². The average molecular weight is 299 g/mol. The zero-order chi connectivity index (χ0) is 16.1. The molecule has 0 heterocycles. The number of ether oxygens (including phenoxy) is 2. The Bertz CT molecular complexity index is 710. The molecule has 114 valence electrons. The molecular weight excluding hydrogens is 282 g/mol. The first-order valence-corrected chi connectivity index (χ1v) is 6.70. The monoisotopic (exact) mass is 299 g/mol. The average Bonchev–Trinajstić information content (AvgIpc) is 2.54. The lowest BCUT2D eigenvalue weighted by molar-refractivity contribution is 0.0602. The maximum Gasteiger partial charge on any atom is 0.339 e. The molecule has 0 aromatic heterocycles. The number of hydrogen-bond donors (Lipinski definition) is 1. The molecule has 0 fully saturated rings. The van der Waals surface area contributed by atoms with Crippen LogP contribution >= 0.6 is 0 Å². The molecule has 5 heteroatoms. The maximum atomic E-state index is 12.5. The smallest absolute Gasteiger partial charge is 0.339 e. The van der Waals surface area contributed by atoms with Crippen LogP contribution in [0.25, 0.3) is 0 Å². The molecule has 0 aliphatic heterocycles. The van der Waals surface area contributed by atoms with Crippen LogP contribution in [0.3, 0.4) is 0 Å². The van der Waals surface area contributed by atoms with Gasteiger partial charge in [0.25, 0.3) is 5.91 Å². The summed E-state index contributed by atoms with van der Waals surface area (Å²) in [4.78, 5) is 24.2. The van der Waals surface area contributed by atoms with E-state index in [1.807, 2.05) is 13.0 Å². The lowest BCUT2D eigenvalue weighted by Gasteiger charge is -2.13. The number of carbonyl (C=O) groups is 2. The van der Waals surface area contributed by atoms with Crippen LogP contribution in [0.15, 0.2) is 42.5 Å². The Kier molecular flexibility index (Phi) is 4.78. The molecule has 0 aliphatic rings. The summed E-state index contributed by atoms with van der Waals surface area (Å²) >= 11 is 0. The molecule has 22 heavy (non-hydrogen) atoms. The van der Waals surface area contributed by atoms with Gasteiger partial charge in [0.05, 0.1) is 31.0 Å². The van der Waals surface area contributed by atoms with Crippen molar-refractivity contribution in [2.24, 2.45) is 0 Å². The van der Waals surface area contributed by atoms with E-state index in [9.17, 15) is 9.59 Å². The molecule has 5 nitrogen and oxygen atoms in total. The van der Waals surface area contributed by atoms with Gasteiger partial charge in [-0.1, -0.05) is 24.3 Å². The van der Waals surface area contributed by atoms with E-state index >= 15 is 0 Å². The molecule has 0 bridgehead atoms. The Morgan fingerprint density at radius 1 is 0.955 bits per heavy atom. The van der Waals surface area contributed by atoms with Crippen LogP contribution in [0, 0.1) is 6.92 Å². The van der Waals surface area contributed by atoms with Gasteiger partial charge in [0.15, 0.2) is 0 Å². The second-order valence-electron chi connectivity index (χ2n) is 4.65. The van der Waals surface area contributed by atoms with Crippen LogP contribution in [0.1, 0.15) is 26.3 Å². The standard InChI is InChI=1S/C17H17NO4/c1-11-7-6-9-13(15(11)21-2)16(19)18-14-10-5-4-8-12(14)17(20)22-3/h4-10H,1-3H3,(H,18,19). The Labute approximate surface area is 128 Å². The van der Waals surface area contributed by atoms with E-state index in [4.69, 9.17) is 9.47 Å². The van der Waals surface area contributed by atoms with Gasteiger partial charge in [-0.25, -0.2) is 4.79 Å². The predicted molar refractivity (Wildman–Crippen MR) is 83.5 cm³/mol. The van der Waals surface area contributed by atoms with Crippen molar-refractivity contribution in [3.63, 3.8) is 0 Å². The fraction of sp³-hybridized carbons (Fsp3) is 0.176. The molecule has 0 unspecified atom stereocenters. The van der Waals surface area contributed by atoms with Crippen molar-refractivity contribution in [3.8, 4) is 5.75 Å². The minimum atomic E-state index is -0.507. The van der Waals surface area contributed by atoms with Crippen molar-refractivity contribution in [2.45, 2.75) is 6.92 Å². The van der Waals surface area contributed by atoms with E-state index in [-0.39, 0.29) is 5.91 Å². The number of hydrogen-bond acceptors (Lipinski definition) is 4. The summed E-state index contributed by atoms with van der Waals surface area (Å²) < 4.78 is 9.99. The number of rotatable bonds is 4. The minimum absolute atomic E-state index is 0.296. The summed E-state index contributed by atoms with van der Waals surface area (Å²) in [5, 5.41) is 2.72. The molecule has 2 rings (SSSR count). The number of para-hydroxylation sites is 2. The van der Waals surface area contributed by atoms with E-state index in [0.29, 0.717) is 22.6 Å². The summed E-state index contributed by atoms with van der Waals surface area (Å²) in [5.74, 6) is -0.348. The zero-order valence-electron chi connectivity index (χ0n) is 12.7. The minimum Gasteiger partial charge on any atom is -0.496 e. The fourth-order valence-electron chi connectivity index (χ4n) is 2.17. The van der Waals surface area contributed by atoms with Crippen molar-refractivity contribution < 1.29 is 19.1 Å². The SMILES string of the molecule is COC(=O)c1ccccc1NC(=O)c1cccc(C)c1OC. The first-order valence-electron chi connectivity index (χ1n) is 6.70. The van der Waals surface area contributed by atoms with Crippen LogP contribution in [0.4, 0.5) is 5.69 Å². The van der Waals surface area contributed by atoms with E-state index in [1.54, 1.807) is 36.4 Å². The largest absolute Gasteiger partial charge is 0.496 e. The molecule has 2 aromatic carbocycles. The maximum absolute atomic E-state index is 12.5. The van der Waals surface area contributed by atoms with Crippen LogP contribution in [-0.4, -0.2) is 26.1 Å². The van der Waals surface area contributed by atoms with Crippen LogP contribution < -0.4 is 10.1 Å². The van der Waals surface area contributed by atoms with Gasteiger partial charge in [0, 0.05) is 0 Å². The number of carbonyl (C=O) groups excluding carboxylic acids is 2. The summed E-state index contributed by atoms with van der Waals surface area (Å²) in [6, 6.07) is 12.0. The van der Waals surface area contributed by atoms with Crippen molar-refractivity contribution in [1.82, 2.24) is 0 Å². The number of amides is 1. The topological polar surface area (TPSA) is 64.6 Å². The third kappa shape index (κ3) is 3.09. The highest BCUT2D eigenvalue weighted by atomic mass is 16.5. The highest BCUT2D eigenvalue weighted by Crippen LogP contribution is 2.25. The molecular formula is C17H17NO4. The number of methoxy groups -OCH3 is 2. The molecule has 1 amide bonds. The van der Waals surface area contributed by atoms with Crippen molar-refractivity contribution >= 4 is 17.6 Å². The molecule has 1 N–H and O–H groups in total. The normalized spacial score (nSPS) is 9.95. The first kappa shape index (κ1) is 15.6. The second kappa shape index (κ2) is 6.76. The van der Waals surface area contributed by atoms with E-state index < -0.39 is 5.97 Å². The molecule has 0 atom stereocenters.